The Labute approximate surface area is 191 Å². The number of thiazole rings is 1. The molecule has 0 radical (unpaired) electrons. The van der Waals surface area contributed by atoms with Crippen molar-refractivity contribution in [1.82, 2.24) is 4.98 Å². The van der Waals surface area contributed by atoms with Crippen molar-refractivity contribution in [1.29, 1.82) is 0 Å². The van der Waals surface area contributed by atoms with E-state index >= 15 is 0 Å². The molecule has 0 aliphatic carbocycles. The molecule has 9 nitrogen and oxygen atoms in total. The van der Waals surface area contributed by atoms with Crippen molar-refractivity contribution in [3.63, 3.8) is 0 Å². The number of hydrogen-bond donors (Lipinski definition) is 0. The molecule has 5 rings (SSSR count). The molecule has 4 aromatic rings. The van der Waals surface area contributed by atoms with Gasteiger partial charge in [-0.25, -0.2) is 4.98 Å². The summed E-state index contributed by atoms with van der Waals surface area (Å²) in [6.07, 6.45) is 0. The number of carbonyl (C=O) groups excluding carboxylic acids is 1. The van der Waals surface area contributed by atoms with Crippen molar-refractivity contribution < 1.29 is 9.72 Å². The molecular weight excluding hydrogens is 440 g/mol. The molecule has 10 heteroatoms. The van der Waals surface area contributed by atoms with E-state index in [9.17, 15) is 14.9 Å². The summed E-state index contributed by atoms with van der Waals surface area (Å²) in [6.45, 7) is 1.72. The van der Waals surface area contributed by atoms with E-state index in [0.29, 0.717) is 27.8 Å². The maximum Gasteiger partial charge on any atom is 0.282 e. The van der Waals surface area contributed by atoms with E-state index in [1.54, 1.807) is 24.4 Å². The van der Waals surface area contributed by atoms with Crippen LogP contribution < -0.4 is 5.01 Å². The molecule has 0 fully saturated rings. The molecule has 1 atom stereocenters. The summed E-state index contributed by atoms with van der Waals surface area (Å²) in [5.74, 6) is -0.350. The van der Waals surface area contributed by atoms with Crippen LogP contribution in [0.2, 0.25) is 0 Å². The van der Waals surface area contributed by atoms with Crippen LogP contribution in [0.15, 0.2) is 87.4 Å². The lowest BCUT2D eigenvalue weighted by molar-refractivity contribution is -0.384. The summed E-state index contributed by atoms with van der Waals surface area (Å²) >= 11 is 1.22. The average molecular weight is 456 g/mol. The van der Waals surface area contributed by atoms with E-state index in [1.807, 2.05) is 42.5 Å². The van der Waals surface area contributed by atoms with Crippen molar-refractivity contribution in [2.75, 3.05) is 5.01 Å². The van der Waals surface area contributed by atoms with Crippen LogP contribution in [-0.2, 0) is 4.79 Å². The standard InChI is InChI=1S/C23H16N6O3S/c1-14-21(26-25-18-10-9-15-5-2-3-6-16(15)11-18)22(30)28(27-14)23-24-20(13-33-23)17-7-4-8-19(12-17)29(31)32/h2-13,21H,1H3/t21-/m1/s1. The molecule has 33 heavy (non-hydrogen) atoms. The first kappa shape index (κ1) is 20.6. The minimum Gasteiger partial charge on any atom is -0.269 e. The van der Waals surface area contributed by atoms with Crippen molar-refractivity contribution in [2.24, 2.45) is 15.3 Å². The largest absolute Gasteiger partial charge is 0.282 e. The SMILES string of the molecule is CC1=NN(c2nc(-c3cccc([N+](=O)[O-])c3)cs2)C(=O)[C@@H]1N=Nc1ccc2ccccc2c1. The van der Waals surface area contributed by atoms with E-state index < -0.39 is 11.0 Å². The zero-order valence-corrected chi connectivity index (χ0v) is 18.1. The van der Waals surface area contributed by atoms with E-state index in [1.165, 1.54) is 28.5 Å². The highest BCUT2D eigenvalue weighted by atomic mass is 32.1. The van der Waals surface area contributed by atoms with Gasteiger partial charge in [0, 0.05) is 23.1 Å². The Kier molecular flexibility index (Phi) is 5.19. The second kappa shape index (κ2) is 8.32. The van der Waals surface area contributed by atoms with E-state index in [-0.39, 0.29) is 11.6 Å². The van der Waals surface area contributed by atoms with Gasteiger partial charge in [-0.2, -0.15) is 20.3 Å². The Morgan fingerprint density at radius 3 is 2.70 bits per heavy atom. The van der Waals surface area contributed by atoms with Gasteiger partial charge in [-0.05, 0) is 29.8 Å². The Bertz CT molecular complexity index is 1460. The Balaban J connectivity index is 1.36. The number of aromatic nitrogens is 1. The highest BCUT2D eigenvalue weighted by Crippen LogP contribution is 2.32. The van der Waals surface area contributed by atoms with Gasteiger partial charge in [0.25, 0.3) is 11.6 Å². The van der Waals surface area contributed by atoms with Gasteiger partial charge in [0.15, 0.2) is 6.04 Å². The normalized spacial score (nSPS) is 16.0. The number of hydrazone groups is 1. The predicted molar refractivity (Wildman–Crippen MR) is 127 cm³/mol. The first-order valence-electron chi connectivity index (χ1n) is 9.99. The van der Waals surface area contributed by atoms with Gasteiger partial charge in [-0.1, -0.05) is 42.5 Å². The fourth-order valence-electron chi connectivity index (χ4n) is 3.46. The van der Waals surface area contributed by atoms with Gasteiger partial charge in [0.2, 0.25) is 5.13 Å². The van der Waals surface area contributed by atoms with E-state index in [2.05, 4.69) is 20.3 Å². The molecule has 0 saturated heterocycles. The fraction of sp³-hybridized carbons (Fsp3) is 0.0870. The lowest BCUT2D eigenvalue weighted by atomic mass is 10.1. The molecular formula is C23H16N6O3S. The average Bonchev–Trinajstić information content (AvgIpc) is 3.42. The van der Waals surface area contributed by atoms with E-state index in [4.69, 9.17) is 0 Å². The molecule has 1 aliphatic rings. The summed E-state index contributed by atoms with van der Waals surface area (Å²) < 4.78 is 0. The number of anilines is 1. The number of fused-ring (bicyclic) bond motifs is 1. The van der Waals surface area contributed by atoms with Crippen LogP contribution in [-0.4, -0.2) is 27.6 Å². The van der Waals surface area contributed by atoms with Gasteiger partial charge >= 0.3 is 0 Å². The minimum absolute atomic E-state index is 0.0256. The number of rotatable bonds is 5. The lowest BCUT2D eigenvalue weighted by Gasteiger charge is -2.08. The highest BCUT2D eigenvalue weighted by Gasteiger charge is 2.36. The molecule has 1 amide bonds. The third-order valence-corrected chi connectivity index (χ3v) is 5.96. The first-order chi connectivity index (χ1) is 16.0. The Hall–Kier alpha value is -4.31. The molecule has 0 bridgehead atoms. The predicted octanol–water partition coefficient (Wildman–Crippen LogP) is 5.75. The van der Waals surface area contributed by atoms with Gasteiger partial charge in [-0.15, -0.1) is 11.3 Å². The molecule has 1 aliphatic heterocycles. The quantitative estimate of drug-likeness (QED) is 0.216. The Morgan fingerprint density at radius 2 is 1.88 bits per heavy atom. The molecule has 1 aromatic heterocycles. The lowest BCUT2D eigenvalue weighted by Crippen LogP contribution is -2.29. The van der Waals surface area contributed by atoms with Crippen LogP contribution in [0.1, 0.15) is 6.92 Å². The number of amides is 1. The summed E-state index contributed by atoms with van der Waals surface area (Å²) in [5.41, 5.74) is 2.25. The number of carbonyl (C=O) groups is 1. The first-order valence-corrected chi connectivity index (χ1v) is 10.9. The topological polar surface area (TPSA) is 113 Å². The zero-order chi connectivity index (χ0) is 22.9. The number of nitrogens with zero attached hydrogens (tertiary/aromatic N) is 6. The number of azo groups is 1. The van der Waals surface area contributed by atoms with Crippen LogP contribution in [0.4, 0.5) is 16.5 Å². The second-order valence-electron chi connectivity index (χ2n) is 7.36. The number of nitro groups is 1. The van der Waals surface area contributed by atoms with Crippen LogP contribution >= 0.6 is 11.3 Å². The van der Waals surface area contributed by atoms with Gasteiger partial charge in [0.1, 0.15) is 0 Å². The maximum atomic E-state index is 13.0. The molecule has 0 saturated carbocycles. The molecule has 0 unspecified atom stereocenters. The van der Waals surface area contributed by atoms with Crippen molar-refractivity contribution in [2.45, 2.75) is 13.0 Å². The molecule has 0 spiro atoms. The van der Waals surface area contributed by atoms with Crippen molar-refractivity contribution in [3.8, 4) is 11.3 Å². The highest BCUT2D eigenvalue weighted by molar-refractivity contribution is 7.14. The van der Waals surface area contributed by atoms with Crippen LogP contribution in [0, 0.1) is 10.1 Å². The number of benzene rings is 3. The van der Waals surface area contributed by atoms with Crippen LogP contribution in [0.25, 0.3) is 22.0 Å². The van der Waals surface area contributed by atoms with Crippen molar-refractivity contribution in [3.05, 3.63) is 82.2 Å². The van der Waals surface area contributed by atoms with Crippen LogP contribution in [0.5, 0.6) is 0 Å². The van der Waals surface area contributed by atoms with Gasteiger partial charge in [0.05, 0.1) is 22.0 Å². The monoisotopic (exact) mass is 456 g/mol. The van der Waals surface area contributed by atoms with Crippen molar-refractivity contribution >= 4 is 50.2 Å². The van der Waals surface area contributed by atoms with E-state index in [0.717, 1.165) is 10.8 Å². The number of hydrogen-bond acceptors (Lipinski definition) is 8. The van der Waals surface area contributed by atoms with Crippen LogP contribution in [0.3, 0.4) is 0 Å². The number of nitro benzene ring substituents is 1. The smallest absolute Gasteiger partial charge is 0.269 e. The molecule has 162 valence electrons. The number of non-ortho nitro benzene ring substituents is 1. The molecule has 0 N–H and O–H groups in total. The van der Waals surface area contributed by atoms with Gasteiger partial charge in [-0.3, -0.25) is 14.9 Å². The Morgan fingerprint density at radius 1 is 1.06 bits per heavy atom. The summed E-state index contributed by atoms with van der Waals surface area (Å²) in [6, 6.07) is 19.0. The third kappa shape index (κ3) is 3.99. The summed E-state index contributed by atoms with van der Waals surface area (Å²) in [5, 5.41) is 29.3. The second-order valence-corrected chi connectivity index (χ2v) is 8.20. The molecule has 2 heterocycles. The summed E-state index contributed by atoms with van der Waals surface area (Å²) in [7, 11) is 0. The third-order valence-electron chi connectivity index (χ3n) is 5.14. The fourth-order valence-corrected chi connectivity index (χ4v) is 4.25. The zero-order valence-electron chi connectivity index (χ0n) is 17.3. The minimum atomic E-state index is -0.832. The summed E-state index contributed by atoms with van der Waals surface area (Å²) in [4.78, 5) is 28.0. The molecule has 3 aromatic carbocycles. The van der Waals surface area contributed by atoms with Gasteiger partial charge < -0.3 is 0 Å². The maximum absolute atomic E-state index is 13.0.